The SMILES string of the molecule is Cn1ccc(COc2c(F)cccc2C=O)n1. The summed E-state index contributed by atoms with van der Waals surface area (Å²) >= 11 is 0. The van der Waals surface area contributed by atoms with Gasteiger partial charge in [-0.2, -0.15) is 5.10 Å². The summed E-state index contributed by atoms with van der Waals surface area (Å²) in [6, 6.07) is 5.98. The number of ether oxygens (including phenoxy) is 1. The van der Waals surface area contributed by atoms with Gasteiger partial charge in [0.15, 0.2) is 17.9 Å². The lowest BCUT2D eigenvalue weighted by atomic mass is 10.2. The molecule has 1 aromatic heterocycles. The average Bonchev–Trinajstić information content (AvgIpc) is 2.73. The quantitative estimate of drug-likeness (QED) is 0.759. The predicted molar refractivity (Wildman–Crippen MR) is 59.3 cm³/mol. The molecule has 0 atom stereocenters. The van der Waals surface area contributed by atoms with Crippen molar-refractivity contribution in [3.63, 3.8) is 0 Å². The number of aromatic nitrogens is 2. The summed E-state index contributed by atoms with van der Waals surface area (Å²) in [6.45, 7) is 0.128. The van der Waals surface area contributed by atoms with Gasteiger partial charge in [-0.1, -0.05) is 6.07 Å². The van der Waals surface area contributed by atoms with Gasteiger partial charge in [-0.15, -0.1) is 0 Å². The summed E-state index contributed by atoms with van der Waals surface area (Å²) in [5.74, 6) is -0.585. The van der Waals surface area contributed by atoms with Crippen LogP contribution in [0.5, 0.6) is 5.75 Å². The minimum absolute atomic E-state index is 0.0341. The number of hydrogen-bond acceptors (Lipinski definition) is 3. The van der Waals surface area contributed by atoms with Gasteiger partial charge in [0.1, 0.15) is 6.61 Å². The van der Waals surface area contributed by atoms with Gasteiger partial charge in [-0.05, 0) is 18.2 Å². The summed E-state index contributed by atoms with van der Waals surface area (Å²) in [4.78, 5) is 10.7. The molecule has 0 radical (unpaired) electrons. The minimum atomic E-state index is -0.550. The Bertz CT molecular complexity index is 537. The summed E-state index contributed by atoms with van der Waals surface area (Å²) in [6.07, 6.45) is 2.33. The fourth-order valence-electron chi connectivity index (χ4n) is 1.46. The second-order valence-electron chi connectivity index (χ2n) is 3.55. The van der Waals surface area contributed by atoms with Crippen molar-refractivity contribution in [1.29, 1.82) is 0 Å². The molecule has 0 saturated heterocycles. The van der Waals surface area contributed by atoms with Crippen LogP contribution in [0.2, 0.25) is 0 Å². The summed E-state index contributed by atoms with van der Waals surface area (Å²) in [7, 11) is 1.78. The molecule has 0 amide bonds. The maximum Gasteiger partial charge on any atom is 0.166 e. The Morgan fingerprint density at radius 2 is 2.29 bits per heavy atom. The average molecular weight is 234 g/mol. The number of halogens is 1. The summed E-state index contributed by atoms with van der Waals surface area (Å²) < 4.78 is 20.3. The lowest BCUT2D eigenvalue weighted by Crippen LogP contribution is -2.02. The largest absolute Gasteiger partial charge is 0.483 e. The number of carbonyl (C=O) groups is 1. The van der Waals surface area contributed by atoms with Crippen LogP contribution >= 0.6 is 0 Å². The highest BCUT2D eigenvalue weighted by molar-refractivity contribution is 5.79. The summed E-state index contributed by atoms with van der Waals surface area (Å²) in [5.41, 5.74) is 0.869. The Balaban J connectivity index is 2.16. The van der Waals surface area contributed by atoms with E-state index in [4.69, 9.17) is 4.74 Å². The molecule has 2 rings (SSSR count). The number of aryl methyl sites for hydroxylation is 1. The molecular formula is C12H11FN2O2. The van der Waals surface area contributed by atoms with Crippen LogP contribution in [0.1, 0.15) is 16.1 Å². The van der Waals surface area contributed by atoms with E-state index in [1.807, 2.05) is 0 Å². The second-order valence-corrected chi connectivity index (χ2v) is 3.55. The van der Waals surface area contributed by atoms with Crippen LogP contribution in [0.25, 0.3) is 0 Å². The Morgan fingerprint density at radius 3 is 2.94 bits per heavy atom. The Labute approximate surface area is 97.6 Å². The van der Waals surface area contributed by atoms with Crippen LogP contribution in [0.3, 0.4) is 0 Å². The molecule has 0 unspecified atom stereocenters. The number of benzene rings is 1. The third-order valence-electron chi connectivity index (χ3n) is 2.26. The van der Waals surface area contributed by atoms with Crippen LogP contribution < -0.4 is 4.74 Å². The van der Waals surface area contributed by atoms with Crippen molar-refractivity contribution in [2.24, 2.45) is 7.05 Å². The highest BCUT2D eigenvalue weighted by atomic mass is 19.1. The fourth-order valence-corrected chi connectivity index (χ4v) is 1.46. The lowest BCUT2D eigenvalue weighted by Gasteiger charge is -2.07. The van der Waals surface area contributed by atoms with E-state index < -0.39 is 5.82 Å². The molecule has 0 fully saturated rings. The first-order valence-corrected chi connectivity index (χ1v) is 5.05. The number of aldehydes is 1. The first-order chi connectivity index (χ1) is 8.20. The molecule has 0 saturated carbocycles. The highest BCUT2D eigenvalue weighted by Gasteiger charge is 2.09. The van der Waals surface area contributed by atoms with Gasteiger partial charge in [0.2, 0.25) is 0 Å². The Kier molecular flexibility index (Phi) is 3.18. The first kappa shape index (κ1) is 11.3. The van der Waals surface area contributed by atoms with E-state index in [-0.39, 0.29) is 17.9 Å². The molecule has 1 aromatic carbocycles. The standard InChI is InChI=1S/C12H11FN2O2/c1-15-6-5-10(14-15)8-17-12-9(7-16)3-2-4-11(12)13/h2-7H,8H2,1H3. The fraction of sp³-hybridized carbons (Fsp3) is 0.167. The molecule has 0 aliphatic rings. The van der Waals surface area contributed by atoms with Crippen molar-refractivity contribution in [3.05, 3.63) is 47.5 Å². The van der Waals surface area contributed by atoms with Gasteiger partial charge >= 0.3 is 0 Å². The van der Waals surface area contributed by atoms with Crippen molar-refractivity contribution < 1.29 is 13.9 Å². The van der Waals surface area contributed by atoms with Gasteiger partial charge in [0, 0.05) is 13.2 Å². The van der Waals surface area contributed by atoms with Gasteiger partial charge in [0.25, 0.3) is 0 Å². The van der Waals surface area contributed by atoms with E-state index >= 15 is 0 Å². The van der Waals surface area contributed by atoms with Crippen LogP contribution in [-0.2, 0) is 13.7 Å². The molecule has 0 bridgehead atoms. The molecular weight excluding hydrogens is 223 g/mol. The number of nitrogens with zero attached hydrogens (tertiary/aromatic N) is 2. The van der Waals surface area contributed by atoms with Gasteiger partial charge in [0.05, 0.1) is 11.3 Å². The van der Waals surface area contributed by atoms with Crippen molar-refractivity contribution in [3.8, 4) is 5.75 Å². The molecule has 17 heavy (non-hydrogen) atoms. The third kappa shape index (κ3) is 2.50. The molecule has 1 heterocycles. The molecule has 0 N–H and O–H groups in total. The molecule has 0 aliphatic heterocycles. The molecule has 88 valence electrons. The van der Waals surface area contributed by atoms with E-state index in [1.54, 1.807) is 24.0 Å². The van der Waals surface area contributed by atoms with Crippen molar-refractivity contribution in [1.82, 2.24) is 9.78 Å². The zero-order valence-corrected chi connectivity index (χ0v) is 9.26. The normalized spacial score (nSPS) is 10.2. The second kappa shape index (κ2) is 4.78. The Morgan fingerprint density at radius 1 is 1.47 bits per heavy atom. The number of hydrogen-bond donors (Lipinski definition) is 0. The van der Waals surface area contributed by atoms with E-state index in [0.717, 1.165) is 0 Å². The van der Waals surface area contributed by atoms with Crippen LogP contribution in [-0.4, -0.2) is 16.1 Å². The third-order valence-corrected chi connectivity index (χ3v) is 2.26. The van der Waals surface area contributed by atoms with E-state index in [1.165, 1.54) is 18.2 Å². The van der Waals surface area contributed by atoms with Crippen molar-refractivity contribution >= 4 is 6.29 Å². The van der Waals surface area contributed by atoms with E-state index in [9.17, 15) is 9.18 Å². The summed E-state index contributed by atoms with van der Waals surface area (Å²) in [5, 5.41) is 4.09. The Hall–Kier alpha value is -2.17. The van der Waals surface area contributed by atoms with Gasteiger partial charge in [-0.3, -0.25) is 9.48 Å². The highest BCUT2D eigenvalue weighted by Crippen LogP contribution is 2.21. The minimum Gasteiger partial charge on any atom is -0.483 e. The smallest absolute Gasteiger partial charge is 0.166 e. The number of rotatable bonds is 4. The maximum atomic E-state index is 13.4. The molecule has 0 aliphatic carbocycles. The van der Waals surface area contributed by atoms with Crippen LogP contribution in [0, 0.1) is 5.82 Å². The number of para-hydroxylation sites is 1. The molecule has 4 nitrogen and oxygen atoms in total. The van der Waals surface area contributed by atoms with E-state index in [0.29, 0.717) is 12.0 Å². The van der Waals surface area contributed by atoms with Crippen LogP contribution in [0.4, 0.5) is 4.39 Å². The molecule has 0 spiro atoms. The maximum absolute atomic E-state index is 13.4. The molecule has 5 heteroatoms. The molecule has 2 aromatic rings. The van der Waals surface area contributed by atoms with Gasteiger partial charge in [-0.25, -0.2) is 4.39 Å². The van der Waals surface area contributed by atoms with Crippen molar-refractivity contribution in [2.45, 2.75) is 6.61 Å². The zero-order chi connectivity index (χ0) is 12.3. The topological polar surface area (TPSA) is 44.1 Å². The first-order valence-electron chi connectivity index (χ1n) is 5.05. The van der Waals surface area contributed by atoms with Gasteiger partial charge < -0.3 is 4.74 Å². The predicted octanol–water partition coefficient (Wildman–Crippen LogP) is 1.95. The van der Waals surface area contributed by atoms with Crippen LogP contribution in [0.15, 0.2) is 30.5 Å². The van der Waals surface area contributed by atoms with Crippen molar-refractivity contribution in [2.75, 3.05) is 0 Å². The van der Waals surface area contributed by atoms with E-state index in [2.05, 4.69) is 5.10 Å². The monoisotopic (exact) mass is 234 g/mol. The zero-order valence-electron chi connectivity index (χ0n) is 9.26. The lowest BCUT2D eigenvalue weighted by molar-refractivity contribution is 0.111. The number of carbonyl (C=O) groups excluding carboxylic acids is 1.